The van der Waals surface area contributed by atoms with Crippen LogP contribution in [0.5, 0.6) is 0 Å². The molecule has 0 fully saturated rings. The molecule has 0 bridgehead atoms. The Balaban J connectivity index is 1.88. The summed E-state index contributed by atoms with van der Waals surface area (Å²) in [5.41, 5.74) is 1.68. The van der Waals surface area contributed by atoms with Crippen molar-refractivity contribution in [3.8, 4) is 0 Å². The zero-order chi connectivity index (χ0) is 19.6. The van der Waals surface area contributed by atoms with Gasteiger partial charge in [-0.25, -0.2) is 14.5 Å². The number of nitrogens with zero attached hydrogens (tertiary/aromatic N) is 3. The summed E-state index contributed by atoms with van der Waals surface area (Å²) in [6.45, 7) is 4.02. The summed E-state index contributed by atoms with van der Waals surface area (Å²) in [6.07, 6.45) is 3.15. The molecule has 3 aromatic rings. The molecule has 0 saturated carbocycles. The normalized spacial score (nSPS) is 12.2. The molecule has 2 heterocycles. The number of pyridine rings is 1. The molecular formula is C19H19BrN4O3. The fourth-order valence-electron chi connectivity index (χ4n) is 2.71. The molecule has 0 aliphatic carbocycles. The minimum absolute atomic E-state index is 0.163. The summed E-state index contributed by atoms with van der Waals surface area (Å²) in [4.78, 5) is 29.2. The monoisotopic (exact) mass is 430 g/mol. The van der Waals surface area contributed by atoms with Gasteiger partial charge in [0.25, 0.3) is 5.91 Å². The van der Waals surface area contributed by atoms with Crippen LogP contribution in [0.15, 0.2) is 47.2 Å². The minimum atomic E-state index is -0.912. The SMILES string of the molecule is COC(=O)C(NC(=O)c1cnc2c(cnn2C(C)C)c1)c1ccc(Br)cc1. The number of hydrogen-bond acceptors (Lipinski definition) is 5. The highest BCUT2D eigenvalue weighted by molar-refractivity contribution is 9.10. The molecule has 140 valence electrons. The summed E-state index contributed by atoms with van der Waals surface area (Å²) in [5.74, 6) is -0.965. The molecule has 0 saturated heterocycles. The molecule has 0 spiro atoms. The first-order chi connectivity index (χ1) is 12.9. The Labute approximate surface area is 164 Å². The van der Waals surface area contributed by atoms with E-state index in [4.69, 9.17) is 4.74 Å². The Morgan fingerprint density at radius 3 is 2.52 bits per heavy atom. The zero-order valence-corrected chi connectivity index (χ0v) is 16.7. The van der Waals surface area contributed by atoms with Crippen LogP contribution in [-0.4, -0.2) is 33.8 Å². The van der Waals surface area contributed by atoms with Crippen LogP contribution in [0.1, 0.15) is 41.9 Å². The summed E-state index contributed by atoms with van der Waals surface area (Å²) in [7, 11) is 1.29. The molecule has 0 aliphatic heterocycles. The molecule has 1 aromatic carbocycles. The van der Waals surface area contributed by atoms with Gasteiger partial charge in [-0.2, -0.15) is 5.10 Å². The molecular weight excluding hydrogens is 412 g/mol. The van der Waals surface area contributed by atoms with Gasteiger partial charge in [-0.05, 0) is 37.6 Å². The van der Waals surface area contributed by atoms with E-state index in [9.17, 15) is 9.59 Å². The molecule has 0 radical (unpaired) electrons. The molecule has 2 aromatic heterocycles. The fraction of sp³-hybridized carbons (Fsp3) is 0.263. The summed E-state index contributed by atoms with van der Waals surface area (Å²) in [6, 6.07) is 8.05. The Morgan fingerprint density at radius 2 is 1.89 bits per heavy atom. The number of nitrogens with one attached hydrogen (secondary N) is 1. The third-order valence-corrected chi connectivity index (χ3v) is 4.63. The third kappa shape index (κ3) is 4.00. The topological polar surface area (TPSA) is 86.1 Å². The third-order valence-electron chi connectivity index (χ3n) is 4.10. The molecule has 3 rings (SSSR count). The Morgan fingerprint density at radius 1 is 1.19 bits per heavy atom. The van der Waals surface area contributed by atoms with Crippen molar-refractivity contribution in [1.82, 2.24) is 20.1 Å². The lowest BCUT2D eigenvalue weighted by atomic mass is 10.1. The van der Waals surface area contributed by atoms with E-state index in [2.05, 4.69) is 31.3 Å². The van der Waals surface area contributed by atoms with Crippen LogP contribution in [-0.2, 0) is 9.53 Å². The Bertz CT molecular complexity index is 982. The second-order valence-electron chi connectivity index (χ2n) is 6.30. The highest BCUT2D eigenvalue weighted by Gasteiger charge is 2.24. The van der Waals surface area contributed by atoms with Gasteiger partial charge in [-0.3, -0.25) is 4.79 Å². The summed E-state index contributed by atoms with van der Waals surface area (Å²) in [5, 5.41) is 7.77. The van der Waals surface area contributed by atoms with Crippen molar-refractivity contribution in [2.75, 3.05) is 7.11 Å². The molecule has 27 heavy (non-hydrogen) atoms. The lowest BCUT2D eigenvalue weighted by Gasteiger charge is -2.17. The number of methoxy groups -OCH3 is 1. The number of halogens is 1. The van der Waals surface area contributed by atoms with Crippen molar-refractivity contribution in [3.05, 3.63) is 58.3 Å². The summed E-state index contributed by atoms with van der Waals surface area (Å²) < 4.78 is 7.50. The summed E-state index contributed by atoms with van der Waals surface area (Å²) >= 11 is 3.35. The number of aromatic nitrogens is 3. The number of fused-ring (bicyclic) bond motifs is 1. The van der Waals surface area contributed by atoms with Gasteiger partial charge in [0.05, 0.1) is 18.9 Å². The number of amides is 1. The van der Waals surface area contributed by atoms with Gasteiger partial charge in [0.2, 0.25) is 0 Å². The van der Waals surface area contributed by atoms with E-state index in [0.29, 0.717) is 16.8 Å². The lowest BCUT2D eigenvalue weighted by molar-refractivity contribution is -0.143. The van der Waals surface area contributed by atoms with Gasteiger partial charge in [-0.1, -0.05) is 28.1 Å². The van der Waals surface area contributed by atoms with E-state index < -0.39 is 17.9 Å². The van der Waals surface area contributed by atoms with Crippen LogP contribution >= 0.6 is 15.9 Å². The van der Waals surface area contributed by atoms with Crippen molar-refractivity contribution in [3.63, 3.8) is 0 Å². The molecule has 1 amide bonds. The van der Waals surface area contributed by atoms with Crippen LogP contribution in [0, 0.1) is 0 Å². The van der Waals surface area contributed by atoms with E-state index in [0.717, 1.165) is 9.86 Å². The van der Waals surface area contributed by atoms with E-state index in [1.54, 1.807) is 41.2 Å². The Hall–Kier alpha value is -2.74. The number of carbonyl (C=O) groups is 2. The van der Waals surface area contributed by atoms with Crippen molar-refractivity contribution < 1.29 is 14.3 Å². The van der Waals surface area contributed by atoms with Gasteiger partial charge in [0, 0.05) is 22.1 Å². The highest BCUT2D eigenvalue weighted by Crippen LogP contribution is 2.20. The van der Waals surface area contributed by atoms with E-state index in [1.807, 2.05) is 13.8 Å². The minimum Gasteiger partial charge on any atom is -0.467 e. The zero-order valence-electron chi connectivity index (χ0n) is 15.1. The smallest absolute Gasteiger partial charge is 0.333 e. The van der Waals surface area contributed by atoms with Crippen LogP contribution in [0.25, 0.3) is 11.0 Å². The first-order valence-corrected chi connectivity index (χ1v) is 9.17. The maximum atomic E-state index is 12.7. The number of benzene rings is 1. The first kappa shape index (κ1) is 19.0. The average molecular weight is 431 g/mol. The van der Waals surface area contributed by atoms with Crippen LogP contribution in [0.4, 0.5) is 0 Å². The van der Waals surface area contributed by atoms with E-state index in [1.165, 1.54) is 13.3 Å². The van der Waals surface area contributed by atoms with Crippen LogP contribution < -0.4 is 5.32 Å². The first-order valence-electron chi connectivity index (χ1n) is 8.38. The molecule has 1 unspecified atom stereocenters. The molecule has 1 N–H and O–H groups in total. The molecule has 0 aliphatic rings. The number of ether oxygens (including phenoxy) is 1. The van der Waals surface area contributed by atoms with Gasteiger partial charge in [0.1, 0.15) is 0 Å². The predicted molar refractivity (Wildman–Crippen MR) is 104 cm³/mol. The average Bonchev–Trinajstić information content (AvgIpc) is 3.09. The predicted octanol–water partition coefficient (Wildman–Crippen LogP) is 3.42. The second-order valence-corrected chi connectivity index (χ2v) is 7.22. The number of carbonyl (C=O) groups excluding carboxylic acids is 2. The largest absolute Gasteiger partial charge is 0.467 e. The van der Waals surface area contributed by atoms with Gasteiger partial charge in [-0.15, -0.1) is 0 Å². The highest BCUT2D eigenvalue weighted by atomic mass is 79.9. The van der Waals surface area contributed by atoms with Crippen LogP contribution in [0.3, 0.4) is 0 Å². The quantitative estimate of drug-likeness (QED) is 0.626. The maximum Gasteiger partial charge on any atom is 0.333 e. The number of rotatable bonds is 5. The van der Waals surface area contributed by atoms with E-state index in [-0.39, 0.29) is 6.04 Å². The van der Waals surface area contributed by atoms with Gasteiger partial charge in [0.15, 0.2) is 11.7 Å². The van der Waals surface area contributed by atoms with Gasteiger partial charge < -0.3 is 10.1 Å². The number of esters is 1. The number of hydrogen-bond donors (Lipinski definition) is 1. The lowest BCUT2D eigenvalue weighted by Crippen LogP contribution is -2.34. The second kappa shape index (κ2) is 7.87. The fourth-order valence-corrected chi connectivity index (χ4v) is 2.97. The van der Waals surface area contributed by atoms with Crippen LogP contribution in [0.2, 0.25) is 0 Å². The van der Waals surface area contributed by atoms with E-state index >= 15 is 0 Å². The van der Waals surface area contributed by atoms with Crippen molar-refractivity contribution in [2.45, 2.75) is 25.9 Å². The Kier molecular flexibility index (Phi) is 5.55. The molecule has 7 nitrogen and oxygen atoms in total. The maximum absolute atomic E-state index is 12.7. The molecule has 8 heteroatoms. The van der Waals surface area contributed by atoms with Crippen molar-refractivity contribution in [1.29, 1.82) is 0 Å². The standard InChI is InChI=1S/C19H19BrN4O3/c1-11(2)24-17-13(10-22-24)8-14(9-21-17)18(25)23-16(19(26)27-3)12-4-6-15(20)7-5-12/h4-11,16H,1-3H3,(H,23,25). The van der Waals surface area contributed by atoms with Gasteiger partial charge >= 0.3 is 5.97 Å². The van der Waals surface area contributed by atoms with Crippen molar-refractivity contribution in [2.24, 2.45) is 0 Å². The molecule has 1 atom stereocenters. The van der Waals surface area contributed by atoms with Crippen molar-refractivity contribution >= 4 is 38.8 Å².